The van der Waals surface area contributed by atoms with Gasteiger partial charge >= 0.3 is 0 Å². The molecule has 2 aromatic heterocycles. The van der Waals surface area contributed by atoms with Crippen molar-refractivity contribution in [3.05, 3.63) is 34.1 Å². The highest BCUT2D eigenvalue weighted by atomic mass is 35.5. The number of benzene rings is 1. The topological polar surface area (TPSA) is 46.3 Å². The summed E-state index contributed by atoms with van der Waals surface area (Å²) >= 11 is 13.8. The van der Waals surface area contributed by atoms with Crippen LogP contribution in [0.25, 0.3) is 15.5 Å². The van der Waals surface area contributed by atoms with Crippen molar-refractivity contribution in [3.8, 4) is 10.6 Å². The highest BCUT2D eigenvalue weighted by Gasteiger charge is 2.25. The fraction of sp³-hybridized carbons (Fsp3) is 0.400. The SMILES string of the molecule is CN1CCCC(c2nnc3sc(-c4ccc(Cl)cc4Cl)nn23)C1. The molecule has 4 rings (SSSR count). The Morgan fingerprint density at radius 3 is 2.91 bits per heavy atom. The van der Waals surface area contributed by atoms with Gasteiger partial charge in [0.15, 0.2) is 5.82 Å². The Kier molecular flexibility index (Phi) is 4.01. The summed E-state index contributed by atoms with van der Waals surface area (Å²) in [4.78, 5) is 3.13. The van der Waals surface area contributed by atoms with Crippen LogP contribution < -0.4 is 0 Å². The lowest BCUT2D eigenvalue weighted by atomic mass is 9.98. The minimum atomic E-state index is 0.374. The van der Waals surface area contributed by atoms with Crippen molar-refractivity contribution >= 4 is 39.5 Å². The first-order valence-electron chi connectivity index (χ1n) is 7.48. The lowest BCUT2D eigenvalue weighted by Crippen LogP contribution is -2.31. The minimum Gasteiger partial charge on any atom is -0.306 e. The molecule has 0 radical (unpaired) electrons. The number of rotatable bonds is 2. The van der Waals surface area contributed by atoms with Gasteiger partial charge in [0.1, 0.15) is 5.01 Å². The van der Waals surface area contributed by atoms with Crippen LogP contribution in [-0.4, -0.2) is 44.8 Å². The smallest absolute Gasteiger partial charge is 0.234 e. The maximum Gasteiger partial charge on any atom is 0.234 e. The molecule has 1 fully saturated rings. The number of halogens is 2. The van der Waals surface area contributed by atoms with E-state index >= 15 is 0 Å². The predicted octanol–water partition coefficient (Wildman–Crippen LogP) is 3.97. The highest BCUT2D eigenvalue weighted by Crippen LogP contribution is 2.34. The highest BCUT2D eigenvalue weighted by molar-refractivity contribution is 7.19. The Morgan fingerprint density at radius 1 is 1.26 bits per heavy atom. The van der Waals surface area contributed by atoms with E-state index < -0.39 is 0 Å². The molecule has 5 nitrogen and oxygen atoms in total. The number of nitrogens with zero attached hydrogens (tertiary/aromatic N) is 5. The van der Waals surface area contributed by atoms with Crippen molar-refractivity contribution in [3.63, 3.8) is 0 Å². The first-order chi connectivity index (χ1) is 11.1. The quantitative estimate of drug-likeness (QED) is 0.687. The molecule has 8 heteroatoms. The summed E-state index contributed by atoms with van der Waals surface area (Å²) in [6.45, 7) is 2.14. The van der Waals surface area contributed by atoms with E-state index in [9.17, 15) is 0 Å². The molecule has 0 amide bonds. The Morgan fingerprint density at radius 2 is 2.13 bits per heavy atom. The van der Waals surface area contributed by atoms with Gasteiger partial charge in [0.25, 0.3) is 0 Å². The van der Waals surface area contributed by atoms with E-state index in [1.807, 2.05) is 16.6 Å². The molecule has 1 atom stereocenters. The van der Waals surface area contributed by atoms with Crippen LogP contribution in [0.15, 0.2) is 18.2 Å². The second kappa shape index (κ2) is 6.02. The molecule has 1 aliphatic heterocycles. The maximum absolute atomic E-state index is 6.30. The van der Waals surface area contributed by atoms with E-state index in [1.165, 1.54) is 17.8 Å². The van der Waals surface area contributed by atoms with Crippen LogP contribution in [-0.2, 0) is 0 Å². The van der Waals surface area contributed by atoms with Crippen molar-refractivity contribution in [2.45, 2.75) is 18.8 Å². The summed E-state index contributed by atoms with van der Waals surface area (Å²) in [7, 11) is 2.14. The zero-order chi connectivity index (χ0) is 16.0. The molecule has 0 aliphatic carbocycles. The summed E-state index contributed by atoms with van der Waals surface area (Å²) < 4.78 is 1.87. The van der Waals surface area contributed by atoms with E-state index in [2.05, 4.69) is 22.1 Å². The maximum atomic E-state index is 6.30. The standard InChI is InChI=1S/C15H15Cl2N5S/c1-21-6-2-3-9(8-21)13-18-19-15-22(13)20-14(23-15)11-5-4-10(16)7-12(11)17/h4-5,7,9H,2-3,6,8H2,1H3. The lowest BCUT2D eigenvalue weighted by Gasteiger charge is -2.28. The molecular formula is C15H15Cl2N5S. The Labute approximate surface area is 147 Å². The van der Waals surface area contributed by atoms with E-state index in [-0.39, 0.29) is 0 Å². The molecule has 3 heterocycles. The second-order valence-corrected chi connectivity index (χ2v) is 7.68. The van der Waals surface area contributed by atoms with Gasteiger partial charge in [-0.05, 0) is 44.6 Å². The number of fused-ring (bicyclic) bond motifs is 1. The van der Waals surface area contributed by atoms with Crippen molar-refractivity contribution in [1.29, 1.82) is 0 Å². The fourth-order valence-corrected chi connectivity index (χ4v) is 4.48. The van der Waals surface area contributed by atoms with E-state index in [1.54, 1.807) is 6.07 Å². The molecule has 1 aliphatic rings. The summed E-state index contributed by atoms with van der Waals surface area (Å²) in [6.07, 6.45) is 2.30. The van der Waals surface area contributed by atoms with Crippen molar-refractivity contribution in [2.75, 3.05) is 20.1 Å². The third-order valence-electron chi connectivity index (χ3n) is 4.17. The third kappa shape index (κ3) is 2.85. The summed E-state index contributed by atoms with van der Waals surface area (Å²) in [5.41, 5.74) is 0.873. The van der Waals surface area contributed by atoms with Gasteiger partial charge < -0.3 is 4.90 Å². The monoisotopic (exact) mass is 367 g/mol. The summed E-state index contributed by atoms with van der Waals surface area (Å²) in [6, 6.07) is 5.45. The molecule has 0 saturated carbocycles. The van der Waals surface area contributed by atoms with Crippen LogP contribution in [0.2, 0.25) is 10.0 Å². The number of likely N-dealkylation sites (tertiary alicyclic amines) is 1. The summed E-state index contributed by atoms with van der Waals surface area (Å²) in [5, 5.41) is 15.4. The molecule has 1 unspecified atom stereocenters. The van der Waals surface area contributed by atoms with Crippen LogP contribution in [0.3, 0.4) is 0 Å². The Balaban J connectivity index is 1.74. The van der Waals surface area contributed by atoms with Gasteiger partial charge in [-0.25, -0.2) is 0 Å². The fourth-order valence-electron chi connectivity index (χ4n) is 3.04. The second-order valence-electron chi connectivity index (χ2n) is 5.89. The average Bonchev–Trinajstić information content (AvgIpc) is 3.07. The van der Waals surface area contributed by atoms with Gasteiger partial charge in [-0.1, -0.05) is 34.5 Å². The molecule has 1 aromatic carbocycles. The Bertz CT molecular complexity index is 859. The molecule has 120 valence electrons. The molecule has 0 bridgehead atoms. The van der Waals surface area contributed by atoms with Gasteiger partial charge in [-0.2, -0.15) is 9.61 Å². The van der Waals surface area contributed by atoms with Crippen LogP contribution in [0.5, 0.6) is 0 Å². The van der Waals surface area contributed by atoms with Gasteiger partial charge in [-0.3, -0.25) is 0 Å². The number of hydrogen-bond donors (Lipinski definition) is 0. The van der Waals surface area contributed by atoms with Gasteiger partial charge in [0.05, 0.1) is 5.02 Å². The molecular weight excluding hydrogens is 353 g/mol. The number of aromatic nitrogens is 4. The van der Waals surface area contributed by atoms with Gasteiger partial charge in [0.2, 0.25) is 4.96 Å². The number of likely N-dealkylation sites (N-methyl/N-ethyl adjacent to an activating group) is 1. The predicted molar refractivity (Wildman–Crippen MR) is 93.6 cm³/mol. The van der Waals surface area contributed by atoms with Crippen molar-refractivity contribution in [1.82, 2.24) is 24.7 Å². The lowest BCUT2D eigenvalue weighted by molar-refractivity contribution is 0.244. The van der Waals surface area contributed by atoms with Gasteiger partial charge in [0, 0.05) is 23.0 Å². The molecule has 3 aromatic rings. The number of hydrogen-bond acceptors (Lipinski definition) is 5. The largest absolute Gasteiger partial charge is 0.306 e. The molecule has 1 saturated heterocycles. The number of piperidine rings is 1. The van der Waals surface area contributed by atoms with Crippen molar-refractivity contribution in [2.24, 2.45) is 0 Å². The first-order valence-corrected chi connectivity index (χ1v) is 9.05. The molecule has 0 spiro atoms. The van der Waals surface area contributed by atoms with E-state index in [0.717, 1.165) is 40.9 Å². The third-order valence-corrected chi connectivity index (χ3v) is 5.65. The zero-order valence-corrected chi connectivity index (χ0v) is 14.9. The Hall–Kier alpha value is -1.21. The molecule has 23 heavy (non-hydrogen) atoms. The minimum absolute atomic E-state index is 0.374. The van der Waals surface area contributed by atoms with Crippen molar-refractivity contribution < 1.29 is 0 Å². The van der Waals surface area contributed by atoms with E-state index in [0.29, 0.717) is 16.0 Å². The van der Waals surface area contributed by atoms with Gasteiger partial charge in [-0.15, -0.1) is 10.2 Å². The first kappa shape index (κ1) is 15.3. The van der Waals surface area contributed by atoms with Crippen LogP contribution >= 0.6 is 34.5 Å². The van der Waals surface area contributed by atoms with Crippen LogP contribution in [0.1, 0.15) is 24.6 Å². The average molecular weight is 368 g/mol. The van der Waals surface area contributed by atoms with E-state index in [4.69, 9.17) is 28.3 Å². The van der Waals surface area contributed by atoms with Crippen LogP contribution in [0.4, 0.5) is 0 Å². The zero-order valence-electron chi connectivity index (χ0n) is 12.5. The molecule has 0 N–H and O–H groups in total. The van der Waals surface area contributed by atoms with Crippen LogP contribution in [0, 0.1) is 0 Å². The summed E-state index contributed by atoms with van der Waals surface area (Å²) in [5.74, 6) is 1.32. The normalized spacial score (nSPS) is 19.5.